The Bertz CT molecular complexity index is 1200. The van der Waals surface area contributed by atoms with Crippen molar-refractivity contribution in [3.63, 3.8) is 0 Å². The predicted molar refractivity (Wildman–Crippen MR) is 127 cm³/mol. The van der Waals surface area contributed by atoms with Gasteiger partial charge in [0.2, 0.25) is 5.91 Å². The molecule has 0 radical (unpaired) electrons. The number of carbonyl (C=O) groups is 1. The highest BCUT2D eigenvalue weighted by atomic mass is 35.5. The van der Waals surface area contributed by atoms with Gasteiger partial charge in [0.25, 0.3) is 0 Å². The Kier molecular flexibility index (Phi) is 6.69. The number of fused-ring (bicyclic) bond motifs is 1. The van der Waals surface area contributed by atoms with Crippen molar-refractivity contribution < 1.29 is 23.4 Å². The molecular weight excluding hydrogens is 469 g/mol. The van der Waals surface area contributed by atoms with Gasteiger partial charge in [0.1, 0.15) is 23.1 Å². The third kappa shape index (κ3) is 4.46. The molecule has 8 nitrogen and oxygen atoms in total. The minimum Gasteiger partial charge on any atom is -0.495 e. The van der Waals surface area contributed by atoms with Gasteiger partial charge in [-0.3, -0.25) is 4.79 Å². The summed E-state index contributed by atoms with van der Waals surface area (Å²) < 4.78 is 22.2. The number of halogens is 2. The van der Waals surface area contributed by atoms with E-state index in [0.29, 0.717) is 69.5 Å². The zero-order valence-corrected chi connectivity index (χ0v) is 19.6. The largest absolute Gasteiger partial charge is 0.495 e. The lowest BCUT2D eigenvalue weighted by molar-refractivity contribution is -0.115. The van der Waals surface area contributed by atoms with Crippen LogP contribution in [0.5, 0.6) is 11.5 Å². The van der Waals surface area contributed by atoms with E-state index in [1.165, 1.54) is 14.2 Å². The summed E-state index contributed by atoms with van der Waals surface area (Å²) in [5, 5.41) is 4.72. The van der Waals surface area contributed by atoms with Crippen molar-refractivity contribution in [3.8, 4) is 22.8 Å². The Morgan fingerprint density at radius 1 is 1.21 bits per heavy atom. The van der Waals surface area contributed by atoms with Gasteiger partial charge >= 0.3 is 0 Å². The molecule has 2 atom stereocenters. The number of benzene rings is 1. The van der Waals surface area contributed by atoms with Crippen molar-refractivity contribution in [2.24, 2.45) is 11.7 Å². The van der Waals surface area contributed by atoms with Crippen molar-refractivity contribution in [3.05, 3.63) is 46.6 Å². The normalized spacial score (nSPS) is 18.2. The molecule has 3 heterocycles. The van der Waals surface area contributed by atoms with Gasteiger partial charge < -0.3 is 29.7 Å². The number of amides is 1. The number of ether oxygens (including phenoxy) is 3. The summed E-state index contributed by atoms with van der Waals surface area (Å²) >= 11 is 13.0. The van der Waals surface area contributed by atoms with Crippen molar-refractivity contribution >= 4 is 45.9 Å². The summed E-state index contributed by atoms with van der Waals surface area (Å²) in [6.45, 7) is 4.80. The van der Waals surface area contributed by atoms with Gasteiger partial charge in [-0.2, -0.15) is 0 Å². The molecule has 4 rings (SSSR count). The van der Waals surface area contributed by atoms with E-state index in [1.54, 1.807) is 12.3 Å². The van der Waals surface area contributed by atoms with Crippen LogP contribution in [0.15, 0.2) is 41.0 Å². The third-order valence-corrected chi connectivity index (χ3v) is 6.43. The average molecular weight is 492 g/mol. The highest BCUT2D eigenvalue weighted by Crippen LogP contribution is 2.47. The van der Waals surface area contributed by atoms with E-state index >= 15 is 0 Å². The fraction of sp³-hybridized carbons (Fsp3) is 0.304. The van der Waals surface area contributed by atoms with E-state index in [-0.39, 0.29) is 12.0 Å². The van der Waals surface area contributed by atoms with E-state index < -0.39 is 5.91 Å². The maximum Gasteiger partial charge on any atom is 0.244 e. The molecule has 174 valence electrons. The number of nitrogens with two attached hydrogens (primary N) is 1. The molecule has 0 aliphatic carbocycles. The Labute approximate surface area is 200 Å². The summed E-state index contributed by atoms with van der Waals surface area (Å²) in [5.74, 6) is 1.19. The standard InChI is InChI=1S/C23H23Cl2N3O5/c1-11(23(26)29)13-4-5-32-10-14(13)28-19-7-12-6-15(33-18(12)9-27-19)20-21(24)16(30-2)8-17(31-3)22(20)25/h6-9,13-14H,1,4-5,10H2,2-3H3,(H2,26,29)(H,27,28)/t13-,14+/m0/s1. The number of nitrogens with one attached hydrogen (secondary N) is 1. The van der Waals surface area contributed by atoms with E-state index in [4.69, 9.17) is 47.6 Å². The topological polar surface area (TPSA) is 109 Å². The maximum absolute atomic E-state index is 11.6. The summed E-state index contributed by atoms with van der Waals surface area (Å²) in [4.78, 5) is 16.1. The number of nitrogens with zero attached hydrogens (tertiary/aromatic N) is 1. The number of anilines is 1. The molecule has 0 saturated carbocycles. The molecule has 3 aromatic rings. The second kappa shape index (κ2) is 9.51. The van der Waals surface area contributed by atoms with Crippen LogP contribution < -0.4 is 20.5 Å². The van der Waals surface area contributed by atoms with Crippen molar-refractivity contribution in [2.45, 2.75) is 12.5 Å². The number of methoxy groups -OCH3 is 2. The number of rotatable bonds is 7. The number of furan rings is 1. The first-order valence-corrected chi connectivity index (χ1v) is 10.9. The van der Waals surface area contributed by atoms with Crippen LogP contribution in [-0.4, -0.2) is 44.4 Å². The zero-order valence-electron chi connectivity index (χ0n) is 18.1. The summed E-state index contributed by atoms with van der Waals surface area (Å²) in [5.41, 5.74) is 6.82. The van der Waals surface area contributed by atoms with Crippen molar-refractivity contribution in [1.29, 1.82) is 0 Å². The fourth-order valence-corrected chi connectivity index (χ4v) is 4.61. The maximum atomic E-state index is 11.6. The van der Waals surface area contributed by atoms with Gasteiger partial charge in [-0.05, 0) is 18.6 Å². The SMILES string of the molecule is C=C(C(N)=O)[C@@H]1CCOC[C@H]1Nc1cc2cc(-c3c(Cl)c(OC)cc(OC)c3Cl)oc2cn1. The number of primary amides is 1. The molecule has 1 saturated heterocycles. The van der Waals surface area contributed by atoms with E-state index in [9.17, 15) is 4.79 Å². The Morgan fingerprint density at radius 3 is 2.55 bits per heavy atom. The molecule has 3 N–H and O–H groups in total. The predicted octanol–water partition coefficient (Wildman–Crippen LogP) is 4.68. The van der Waals surface area contributed by atoms with Crippen LogP contribution in [-0.2, 0) is 9.53 Å². The van der Waals surface area contributed by atoms with E-state index in [1.807, 2.05) is 12.1 Å². The molecule has 0 spiro atoms. The van der Waals surface area contributed by atoms with Gasteiger partial charge in [0, 0.05) is 29.6 Å². The molecule has 10 heteroatoms. The number of carbonyl (C=O) groups excluding carboxylic acids is 1. The second-order valence-electron chi connectivity index (χ2n) is 7.61. The van der Waals surface area contributed by atoms with E-state index in [0.717, 1.165) is 5.39 Å². The first kappa shape index (κ1) is 23.2. The molecule has 1 amide bonds. The minimum atomic E-state index is -0.515. The van der Waals surface area contributed by atoms with Gasteiger partial charge in [-0.25, -0.2) is 4.98 Å². The average Bonchev–Trinajstić information content (AvgIpc) is 3.22. The Morgan fingerprint density at radius 2 is 1.91 bits per heavy atom. The molecule has 0 unspecified atom stereocenters. The van der Waals surface area contributed by atoms with E-state index in [2.05, 4.69) is 16.9 Å². The first-order valence-electron chi connectivity index (χ1n) is 10.2. The lowest BCUT2D eigenvalue weighted by Crippen LogP contribution is -2.41. The molecule has 2 aromatic heterocycles. The highest BCUT2D eigenvalue weighted by Gasteiger charge is 2.30. The molecule has 0 bridgehead atoms. The van der Waals surface area contributed by atoms with Crippen LogP contribution in [0.3, 0.4) is 0 Å². The molecular formula is C23H23Cl2N3O5. The highest BCUT2D eigenvalue weighted by molar-refractivity contribution is 6.41. The monoisotopic (exact) mass is 491 g/mol. The molecule has 1 fully saturated rings. The smallest absolute Gasteiger partial charge is 0.244 e. The van der Waals surface area contributed by atoms with Crippen LogP contribution in [0.2, 0.25) is 10.0 Å². The second-order valence-corrected chi connectivity index (χ2v) is 8.37. The third-order valence-electron chi connectivity index (χ3n) is 5.68. The summed E-state index contributed by atoms with van der Waals surface area (Å²) in [6.07, 6.45) is 2.24. The van der Waals surface area contributed by atoms with Crippen molar-refractivity contribution in [2.75, 3.05) is 32.8 Å². The number of hydrogen-bond acceptors (Lipinski definition) is 7. The summed E-state index contributed by atoms with van der Waals surface area (Å²) in [7, 11) is 3.02. The van der Waals surface area contributed by atoms with Crippen LogP contribution in [0, 0.1) is 5.92 Å². The van der Waals surface area contributed by atoms with Crippen LogP contribution in [0.4, 0.5) is 5.82 Å². The first-order chi connectivity index (χ1) is 15.8. The molecule has 1 aliphatic heterocycles. The Hall–Kier alpha value is -2.94. The molecule has 1 aliphatic rings. The minimum absolute atomic E-state index is 0.143. The summed E-state index contributed by atoms with van der Waals surface area (Å²) in [6, 6.07) is 5.07. The lowest BCUT2D eigenvalue weighted by atomic mass is 9.87. The fourth-order valence-electron chi connectivity index (χ4n) is 3.92. The van der Waals surface area contributed by atoms with Crippen LogP contribution in [0.1, 0.15) is 6.42 Å². The number of hydrogen-bond donors (Lipinski definition) is 2. The van der Waals surface area contributed by atoms with Gasteiger partial charge in [-0.1, -0.05) is 29.8 Å². The van der Waals surface area contributed by atoms with Crippen LogP contribution in [0.25, 0.3) is 22.3 Å². The van der Waals surface area contributed by atoms with Gasteiger partial charge in [-0.15, -0.1) is 0 Å². The van der Waals surface area contributed by atoms with Gasteiger partial charge in [0.05, 0.1) is 48.7 Å². The zero-order chi connectivity index (χ0) is 23.7. The Balaban J connectivity index is 1.68. The molecule has 1 aromatic carbocycles. The quantitative estimate of drug-likeness (QED) is 0.461. The van der Waals surface area contributed by atoms with Crippen LogP contribution >= 0.6 is 23.2 Å². The van der Waals surface area contributed by atoms with Gasteiger partial charge in [0.15, 0.2) is 5.58 Å². The number of pyridine rings is 1. The molecule has 33 heavy (non-hydrogen) atoms. The number of aromatic nitrogens is 1. The van der Waals surface area contributed by atoms with Crippen molar-refractivity contribution in [1.82, 2.24) is 4.98 Å². The lowest BCUT2D eigenvalue weighted by Gasteiger charge is -2.32.